The van der Waals surface area contributed by atoms with Gasteiger partial charge in [0.25, 0.3) is 0 Å². The number of hydrogen-bond donors (Lipinski definition) is 2. The van der Waals surface area contributed by atoms with Gasteiger partial charge in [-0.3, -0.25) is 10.1 Å². The molecule has 0 bridgehead atoms. The number of ether oxygens (including phenoxy) is 1. The molecule has 0 saturated carbocycles. The van der Waals surface area contributed by atoms with Gasteiger partial charge in [0.2, 0.25) is 0 Å². The fourth-order valence-corrected chi connectivity index (χ4v) is 3.45. The highest BCUT2D eigenvalue weighted by Gasteiger charge is 2.30. The van der Waals surface area contributed by atoms with Crippen LogP contribution in [0.15, 0.2) is 48.5 Å². The fraction of sp³-hybridized carbons (Fsp3) is 0.235. The van der Waals surface area contributed by atoms with Gasteiger partial charge in [-0.2, -0.15) is 0 Å². The van der Waals surface area contributed by atoms with Crippen molar-refractivity contribution in [3.63, 3.8) is 0 Å². The summed E-state index contributed by atoms with van der Waals surface area (Å²) >= 11 is 1.40. The molecular formula is C17H16FNO3S. The van der Waals surface area contributed by atoms with Gasteiger partial charge in [-0.15, -0.1) is 11.8 Å². The molecule has 23 heavy (non-hydrogen) atoms. The Morgan fingerprint density at radius 2 is 1.91 bits per heavy atom. The van der Waals surface area contributed by atoms with E-state index in [1.165, 1.54) is 23.9 Å². The monoisotopic (exact) mass is 333 g/mol. The molecule has 1 saturated heterocycles. The van der Waals surface area contributed by atoms with Crippen molar-refractivity contribution >= 4 is 17.7 Å². The second-order valence-corrected chi connectivity index (χ2v) is 6.55. The number of hydrogen-bond acceptors (Lipinski definition) is 4. The third-order valence-corrected chi connectivity index (χ3v) is 4.97. The summed E-state index contributed by atoms with van der Waals surface area (Å²) in [7, 11) is 0. The molecule has 0 amide bonds. The molecule has 1 fully saturated rings. The quantitative estimate of drug-likeness (QED) is 0.880. The van der Waals surface area contributed by atoms with Crippen molar-refractivity contribution in [3.05, 3.63) is 65.5 Å². The largest absolute Gasteiger partial charge is 0.489 e. The lowest BCUT2D eigenvalue weighted by molar-refractivity contribution is -0.136. The van der Waals surface area contributed by atoms with E-state index >= 15 is 0 Å². The molecule has 2 aromatic rings. The number of halogens is 1. The van der Waals surface area contributed by atoms with Crippen LogP contribution in [0.25, 0.3) is 0 Å². The zero-order chi connectivity index (χ0) is 16.2. The van der Waals surface area contributed by atoms with Gasteiger partial charge in [-0.25, -0.2) is 4.39 Å². The van der Waals surface area contributed by atoms with Gasteiger partial charge in [-0.1, -0.05) is 24.3 Å². The van der Waals surface area contributed by atoms with Crippen LogP contribution >= 0.6 is 11.8 Å². The van der Waals surface area contributed by atoms with E-state index in [9.17, 15) is 9.18 Å². The Kier molecular flexibility index (Phi) is 4.83. The first-order chi connectivity index (χ1) is 11.1. The summed E-state index contributed by atoms with van der Waals surface area (Å²) in [4.78, 5) is 11.0. The van der Waals surface area contributed by atoms with E-state index in [0.717, 1.165) is 16.9 Å². The third kappa shape index (κ3) is 4.03. The summed E-state index contributed by atoms with van der Waals surface area (Å²) < 4.78 is 18.5. The van der Waals surface area contributed by atoms with Crippen molar-refractivity contribution in [2.45, 2.75) is 17.2 Å². The molecule has 1 aliphatic rings. The molecule has 0 radical (unpaired) electrons. The zero-order valence-corrected chi connectivity index (χ0v) is 13.1. The van der Waals surface area contributed by atoms with Gasteiger partial charge in [0.1, 0.15) is 23.4 Å². The van der Waals surface area contributed by atoms with E-state index in [4.69, 9.17) is 9.84 Å². The highest BCUT2D eigenvalue weighted by molar-refractivity contribution is 8.01. The van der Waals surface area contributed by atoms with Gasteiger partial charge in [0, 0.05) is 6.54 Å². The number of benzene rings is 2. The fourth-order valence-electron chi connectivity index (χ4n) is 2.30. The molecule has 0 unspecified atom stereocenters. The summed E-state index contributed by atoms with van der Waals surface area (Å²) in [5.74, 6) is -0.334. The van der Waals surface area contributed by atoms with Crippen molar-refractivity contribution in [1.82, 2.24) is 5.32 Å². The molecule has 0 spiro atoms. The van der Waals surface area contributed by atoms with Crippen LogP contribution < -0.4 is 10.1 Å². The van der Waals surface area contributed by atoms with Gasteiger partial charge in [-0.05, 0) is 35.4 Å². The SMILES string of the molecule is O=C(O)[C@H]1CN[C@H](c2ccc(OCc3ccc(F)cc3)cc2)S1. The summed E-state index contributed by atoms with van der Waals surface area (Å²) in [5.41, 5.74) is 1.92. The number of rotatable bonds is 5. The predicted molar refractivity (Wildman–Crippen MR) is 86.9 cm³/mol. The van der Waals surface area contributed by atoms with Gasteiger partial charge in [0.15, 0.2) is 0 Å². The molecule has 6 heteroatoms. The van der Waals surface area contributed by atoms with Crippen LogP contribution in [0.3, 0.4) is 0 Å². The van der Waals surface area contributed by atoms with E-state index in [2.05, 4.69) is 5.32 Å². The molecule has 0 aromatic heterocycles. The Morgan fingerprint density at radius 3 is 2.52 bits per heavy atom. The molecule has 2 atom stereocenters. The van der Waals surface area contributed by atoms with E-state index in [1.807, 2.05) is 24.3 Å². The topological polar surface area (TPSA) is 58.6 Å². The summed E-state index contributed by atoms with van der Waals surface area (Å²) in [6.45, 7) is 0.838. The van der Waals surface area contributed by atoms with Crippen molar-refractivity contribution in [2.24, 2.45) is 0 Å². The van der Waals surface area contributed by atoms with Crippen LogP contribution in [-0.4, -0.2) is 22.9 Å². The Labute approximate surface area is 137 Å². The highest BCUT2D eigenvalue weighted by atomic mass is 32.2. The lowest BCUT2D eigenvalue weighted by Crippen LogP contribution is -2.21. The molecule has 0 aliphatic carbocycles. The van der Waals surface area contributed by atoms with Crippen LogP contribution in [-0.2, 0) is 11.4 Å². The van der Waals surface area contributed by atoms with Gasteiger partial charge in [0.05, 0.1) is 5.37 Å². The minimum Gasteiger partial charge on any atom is -0.489 e. The van der Waals surface area contributed by atoms with Crippen LogP contribution in [0, 0.1) is 5.82 Å². The molecule has 2 aromatic carbocycles. The number of carboxylic acids is 1. The number of carbonyl (C=O) groups is 1. The van der Waals surface area contributed by atoms with Crippen LogP contribution in [0.2, 0.25) is 0 Å². The molecule has 3 rings (SSSR count). The molecule has 4 nitrogen and oxygen atoms in total. The van der Waals surface area contributed by atoms with Crippen LogP contribution in [0.1, 0.15) is 16.5 Å². The molecule has 2 N–H and O–H groups in total. The number of carboxylic acid groups (broad SMARTS) is 1. The van der Waals surface area contributed by atoms with Gasteiger partial charge < -0.3 is 9.84 Å². The van der Waals surface area contributed by atoms with Crippen molar-refractivity contribution in [1.29, 1.82) is 0 Å². The Balaban J connectivity index is 1.57. The minimum atomic E-state index is -0.788. The molecular weight excluding hydrogens is 317 g/mol. The zero-order valence-electron chi connectivity index (χ0n) is 12.2. The molecule has 1 aliphatic heterocycles. The van der Waals surface area contributed by atoms with Gasteiger partial charge >= 0.3 is 5.97 Å². The highest BCUT2D eigenvalue weighted by Crippen LogP contribution is 2.35. The number of nitrogens with one attached hydrogen (secondary N) is 1. The van der Waals surface area contributed by atoms with E-state index in [1.54, 1.807) is 12.1 Å². The maximum atomic E-state index is 12.8. The Hall–Kier alpha value is -2.05. The predicted octanol–water partition coefficient (Wildman–Crippen LogP) is 3.19. The maximum absolute atomic E-state index is 12.8. The lowest BCUT2D eigenvalue weighted by Gasteiger charge is -2.11. The first-order valence-electron chi connectivity index (χ1n) is 7.21. The van der Waals surface area contributed by atoms with E-state index < -0.39 is 11.2 Å². The first kappa shape index (κ1) is 15.8. The van der Waals surface area contributed by atoms with E-state index in [-0.39, 0.29) is 11.2 Å². The first-order valence-corrected chi connectivity index (χ1v) is 8.15. The Bertz CT molecular complexity index is 675. The minimum absolute atomic E-state index is 0.0118. The maximum Gasteiger partial charge on any atom is 0.318 e. The average Bonchev–Trinajstić information content (AvgIpc) is 3.05. The standard InChI is InChI=1S/C17H16FNO3S/c18-13-5-1-11(2-6-13)10-22-14-7-3-12(4-8-14)16-19-9-15(23-16)17(20)21/h1-8,15-16,19H,9-10H2,(H,20,21)/t15-,16+/m1/s1. The molecule has 120 valence electrons. The summed E-state index contributed by atoms with van der Waals surface area (Å²) in [6, 6.07) is 13.8. The third-order valence-electron chi connectivity index (χ3n) is 3.57. The lowest BCUT2D eigenvalue weighted by atomic mass is 10.2. The smallest absolute Gasteiger partial charge is 0.318 e. The van der Waals surface area contributed by atoms with E-state index in [0.29, 0.717) is 13.2 Å². The average molecular weight is 333 g/mol. The van der Waals surface area contributed by atoms with Crippen molar-refractivity contribution < 1.29 is 19.0 Å². The van der Waals surface area contributed by atoms with Crippen LogP contribution in [0.5, 0.6) is 5.75 Å². The second-order valence-electron chi connectivity index (χ2n) is 5.24. The van der Waals surface area contributed by atoms with Crippen molar-refractivity contribution in [2.75, 3.05) is 6.54 Å². The number of aliphatic carboxylic acids is 1. The second kappa shape index (κ2) is 7.02. The number of thioether (sulfide) groups is 1. The molecule has 1 heterocycles. The van der Waals surface area contributed by atoms with Crippen molar-refractivity contribution in [3.8, 4) is 5.75 Å². The Morgan fingerprint density at radius 1 is 1.22 bits per heavy atom. The summed E-state index contributed by atoms with van der Waals surface area (Å²) in [5, 5.41) is 11.8. The normalized spacial score (nSPS) is 20.4. The summed E-state index contributed by atoms with van der Waals surface area (Å²) in [6.07, 6.45) is 0. The van der Waals surface area contributed by atoms with Crippen LogP contribution in [0.4, 0.5) is 4.39 Å².